The number of cyclic esters (lactones) is 1. The van der Waals surface area contributed by atoms with E-state index in [0.29, 0.717) is 6.42 Å². The molecule has 0 bridgehead atoms. The standard InChI is InChI=1S/C37H67NO13/c1-14-25-37(10,45)30(41)20(4)27(39)18(2)16-35(8,44)32(51-34-28(40)24(38(11)12)15-19(3)47-34)21(5)29(22(6)33(43)49-25)50-26-17-36(9,46-13)31(42)23(7)48-26/h18-26,28-32,34,40-42,44-45H,14-17H2,1-13H3/t18-,19+,20+,21+,22+,23-,24-,25-,26-,28+,29+,30-,31-,32-,34-,35-,36+,37-/m0/s1. The summed E-state index contributed by atoms with van der Waals surface area (Å²) in [6.45, 7) is 16.3. The lowest BCUT2D eigenvalue weighted by Crippen LogP contribution is -2.61. The molecule has 5 N–H and O–H groups in total. The second kappa shape index (κ2) is 17.0. The summed E-state index contributed by atoms with van der Waals surface area (Å²) in [5, 5.41) is 57.6. The summed E-state index contributed by atoms with van der Waals surface area (Å²) in [7, 11) is 5.18. The number of ether oxygens (including phenoxy) is 6. The van der Waals surface area contributed by atoms with Crippen LogP contribution in [0.15, 0.2) is 0 Å². The van der Waals surface area contributed by atoms with Crippen molar-refractivity contribution >= 4 is 11.8 Å². The average molecular weight is 734 g/mol. The first-order chi connectivity index (χ1) is 23.4. The number of rotatable bonds is 7. The molecule has 0 aromatic carbocycles. The molecule has 51 heavy (non-hydrogen) atoms. The van der Waals surface area contributed by atoms with E-state index in [9.17, 15) is 35.1 Å². The summed E-state index contributed by atoms with van der Waals surface area (Å²) >= 11 is 0. The first kappa shape index (κ1) is 44.1. The van der Waals surface area contributed by atoms with Gasteiger partial charge in [0, 0.05) is 37.3 Å². The zero-order valence-corrected chi connectivity index (χ0v) is 32.9. The highest BCUT2D eigenvalue weighted by Crippen LogP contribution is 2.40. The first-order valence-electron chi connectivity index (χ1n) is 18.5. The number of carbonyl (C=O) groups excluding carboxylic acids is 2. The molecule has 298 valence electrons. The van der Waals surface area contributed by atoms with Crippen LogP contribution in [0.4, 0.5) is 0 Å². The molecule has 0 saturated carbocycles. The van der Waals surface area contributed by atoms with Gasteiger partial charge in [-0.05, 0) is 74.9 Å². The van der Waals surface area contributed by atoms with Gasteiger partial charge in [0.05, 0.1) is 47.6 Å². The Morgan fingerprint density at radius 3 is 2.04 bits per heavy atom. The molecule has 0 spiro atoms. The van der Waals surface area contributed by atoms with Crippen molar-refractivity contribution in [2.75, 3.05) is 21.2 Å². The zero-order valence-electron chi connectivity index (χ0n) is 32.9. The van der Waals surface area contributed by atoms with Crippen LogP contribution < -0.4 is 0 Å². The fourth-order valence-electron chi connectivity index (χ4n) is 8.41. The molecular weight excluding hydrogens is 666 g/mol. The largest absolute Gasteiger partial charge is 0.459 e. The highest BCUT2D eigenvalue weighted by atomic mass is 16.7. The van der Waals surface area contributed by atoms with Gasteiger partial charge in [-0.1, -0.05) is 27.7 Å². The lowest BCUT2D eigenvalue weighted by molar-refractivity contribution is -0.318. The molecular formula is C37H67NO13. The second-order valence-electron chi connectivity index (χ2n) is 16.5. The third-order valence-electron chi connectivity index (χ3n) is 11.8. The molecule has 0 amide bonds. The predicted octanol–water partition coefficient (Wildman–Crippen LogP) is 1.79. The van der Waals surface area contributed by atoms with E-state index in [0.717, 1.165) is 0 Å². The molecule has 0 radical (unpaired) electrons. The van der Waals surface area contributed by atoms with Crippen LogP contribution in [0.5, 0.6) is 0 Å². The number of aliphatic hydroxyl groups excluding tert-OH is 3. The van der Waals surface area contributed by atoms with Crippen molar-refractivity contribution < 1.29 is 63.5 Å². The van der Waals surface area contributed by atoms with Gasteiger partial charge in [0.2, 0.25) is 0 Å². The summed E-state index contributed by atoms with van der Waals surface area (Å²) in [6.07, 6.45) is -9.71. The van der Waals surface area contributed by atoms with Crippen molar-refractivity contribution in [2.45, 2.75) is 179 Å². The number of esters is 1. The Morgan fingerprint density at radius 1 is 0.882 bits per heavy atom. The van der Waals surface area contributed by atoms with Crippen molar-refractivity contribution in [3.63, 3.8) is 0 Å². The highest BCUT2D eigenvalue weighted by Gasteiger charge is 2.53. The summed E-state index contributed by atoms with van der Waals surface area (Å²) < 4.78 is 37.1. The molecule has 0 aromatic rings. The quantitative estimate of drug-likeness (QED) is 0.238. The van der Waals surface area contributed by atoms with Crippen molar-refractivity contribution in [3.05, 3.63) is 0 Å². The number of hydrogen-bond donors (Lipinski definition) is 5. The predicted molar refractivity (Wildman–Crippen MR) is 186 cm³/mol. The molecule has 0 unspecified atom stereocenters. The molecule has 3 heterocycles. The third kappa shape index (κ3) is 9.51. The lowest BCUT2D eigenvalue weighted by Gasteiger charge is -2.49. The van der Waals surface area contributed by atoms with Gasteiger partial charge >= 0.3 is 5.97 Å². The van der Waals surface area contributed by atoms with Crippen LogP contribution in [0.2, 0.25) is 0 Å². The topological polar surface area (TPSA) is 194 Å². The minimum Gasteiger partial charge on any atom is -0.459 e. The SMILES string of the molecule is CC[C@@H]1OC(=O)[C@H](C)[C@H](O[C@H]2C[C@@](C)(OC)[C@@H](O)[C@H](C)O2)[C@@H](C)[C@H](O[C@@H]2O[C@H](C)C[C@H](N(C)C)[C@H]2O)[C@@](C)(O)C[C@H](C)C(=O)[C@@H](C)[C@H](O)[C@@]1(C)O. The molecule has 18 atom stereocenters. The van der Waals surface area contributed by atoms with Crippen LogP contribution >= 0.6 is 0 Å². The van der Waals surface area contributed by atoms with Crippen LogP contribution in [0.3, 0.4) is 0 Å². The van der Waals surface area contributed by atoms with Crippen LogP contribution in [0.1, 0.15) is 94.9 Å². The third-order valence-corrected chi connectivity index (χ3v) is 11.8. The molecule has 14 nitrogen and oxygen atoms in total. The van der Waals surface area contributed by atoms with Crippen molar-refractivity contribution in [2.24, 2.45) is 23.7 Å². The van der Waals surface area contributed by atoms with E-state index in [4.69, 9.17) is 28.4 Å². The van der Waals surface area contributed by atoms with Gasteiger partial charge in [0.25, 0.3) is 0 Å². The van der Waals surface area contributed by atoms with Crippen LogP contribution in [0, 0.1) is 23.7 Å². The Morgan fingerprint density at radius 2 is 1.49 bits per heavy atom. The number of aliphatic hydroxyl groups is 5. The van der Waals surface area contributed by atoms with Gasteiger partial charge in [-0.25, -0.2) is 0 Å². The number of methoxy groups -OCH3 is 1. The number of hydrogen-bond acceptors (Lipinski definition) is 14. The second-order valence-corrected chi connectivity index (χ2v) is 16.5. The first-order valence-corrected chi connectivity index (χ1v) is 18.5. The monoisotopic (exact) mass is 733 g/mol. The van der Waals surface area contributed by atoms with Crippen molar-refractivity contribution in [3.8, 4) is 0 Å². The van der Waals surface area contributed by atoms with E-state index in [-0.39, 0.29) is 31.4 Å². The van der Waals surface area contributed by atoms with E-state index < -0.39 is 108 Å². The maximum Gasteiger partial charge on any atom is 0.311 e. The van der Waals surface area contributed by atoms with Crippen LogP contribution in [-0.2, 0) is 38.0 Å². The van der Waals surface area contributed by atoms with Gasteiger partial charge in [0.1, 0.15) is 29.7 Å². The van der Waals surface area contributed by atoms with Gasteiger partial charge in [-0.2, -0.15) is 0 Å². The van der Waals surface area contributed by atoms with Gasteiger partial charge < -0.3 is 58.9 Å². The summed E-state index contributed by atoms with van der Waals surface area (Å²) in [5.41, 5.74) is -4.84. The highest BCUT2D eigenvalue weighted by molar-refractivity contribution is 5.83. The van der Waals surface area contributed by atoms with E-state index in [2.05, 4.69) is 0 Å². The number of carbonyl (C=O) groups is 2. The zero-order chi connectivity index (χ0) is 39.0. The molecule has 3 aliphatic heterocycles. The van der Waals surface area contributed by atoms with Gasteiger partial charge in [0.15, 0.2) is 12.6 Å². The molecule has 3 fully saturated rings. The van der Waals surface area contributed by atoms with Crippen LogP contribution in [-0.4, -0.2) is 148 Å². The Labute approximate surface area is 304 Å². The van der Waals surface area contributed by atoms with E-state index in [1.54, 1.807) is 41.5 Å². The maximum atomic E-state index is 14.1. The molecule has 14 heteroatoms. The van der Waals surface area contributed by atoms with Crippen molar-refractivity contribution in [1.29, 1.82) is 0 Å². The molecule has 0 aliphatic carbocycles. The minimum atomic E-state index is -1.99. The molecule has 3 saturated heterocycles. The number of nitrogens with zero attached hydrogens (tertiary/aromatic N) is 1. The van der Waals surface area contributed by atoms with Crippen LogP contribution in [0.25, 0.3) is 0 Å². The lowest BCUT2D eigenvalue weighted by atomic mass is 9.74. The summed E-state index contributed by atoms with van der Waals surface area (Å²) in [6, 6.07) is -0.324. The molecule has 3 aliphatic rings. The Bertz CT molecular complexity index is 1170. The summed E-state index contributed by atoms with van der Waals surface area (Å²) in [5.74, 6) is -4.98. The molecule has 0 aromatic heterocycles. The number of Topliss-reactive ketones (excluding diaryl/α,β-unsaturated/α-hetero) is 1. The summed E-state index contributed by atoms with van der Waals surface area (Å²) in [4.78, 5) is 29.8. The van der Waals surface area contributed by atoms with E-state index in [1.807, 2.05) is 25.9 Å². The minimum absolute atomic E-state index is 0.0936. The van der Waals surface area contributed by atoms with Gasteiger partial charge in [-0.15, -0.1) is 0 Å². The van der Waals surface area contributed by atoms with E-state index in [1.165, 1.54) is 27.9 Å². The van der Waals surface area contributed by atoms with E-state index >= 15 is 0 Å². The molecule has 3 rings (SSSR count). The maximum absolute atomic E-state index is 14.1. The normalized spacial score (nSPS) is 49.7. The Kier molecular flexibility index (Phi) is 14.7. The fourth-order valence-corrected chi connectivity index (χ4v) is 8.41. The fraction of sp³-hybridized carbons (Fsp3) is 0.946. The Hall–Kier alpha value is -1.30. The van der Waals surface area contributed by atoms with Crippen molar-refractivity contribution in [1.82, 2.24) is 4.90 Å². The average Bonchev–Trinajstić information content (AvgIpc) is 3.05. The smallest absolute Gasteiger partial charge is 0.311 e. The Balaban J connectivity index is 2.18. The van der Waals surface area contributed by atoms with Gasteiger partial charge in [-0.3, -0.25) is 9.59 Å². The number of ketones is 1. The number of likely N-dealkylation sites (N-methyl/N-ethyl adjacent to an activating group) is 1.